The number of carbonyl (C=O) groups excluding carboxylic acids is 2. The van der Waals surface area contributed by atoms with Crippen molar-refractivity contribution in [3.8, 4) is 0 Å². The summed E-state index contributed by atoms with van der Waals surface area (Å²) in [6.45, 7) is 0.466. The molecule has 3 aromatic rings. The Bertz CT molecular complexity index is 991. The van der Waals surface area contributed by atoms with Crippen LogP contribution in [0, 0.1) is 11.6 Å². The van der Waals surface area contributed by atoms with Crippen molar-refractivity contribution >= 4 is 17.5 Å². The van der Waals surface area contributed by atoms with Crippen molar-refractivity contribution in [2.24, 2.45) is 0 Å². The van der Waals surface area contributed by atoms with Crippen molar-refractivity contribution in [2.45, 2.75) is 6.42 Å². The topological polar surface area (TPSA) is 58.2 Å². The molecule has 4 nitrogen and oxygen atoms in total. The molecule has 6 heteroatoms. The molecule has 0 aliphatic carbocycles. The first-order valence-electron chi connectivity index (χ1n) is 8.71. The molecule has 2 amide bonds. The largest absolute Gasteiger partial charge is 0.352 e. The van der Waals surface area contributed by atoms with Gasteiger partial charge in [0.15, 0.2) is 11.6 Å². The van der Waals surface area contributed by atoms with Gasteiger partial charge in [0.25, 0.3) is 11.8 Å². The van der Waals surface area contributed by atoms with E-state index in [1.165, 1.54) is 18.2 Å². The molecular weight excluding hydrogens is 362 g/mol. The second kappa shape index (κ2) is 8.90. The Morgan fingerprint density at radius 1 is 0.750 bits per heavy atom. The number of hydrogen-bond acceptors (Lipinski definition) is 2. The smallest absolute Gasteiger partial charge is 0.255 e. The highest BCUT2D eigenvalue weighted by Crippen LogP contribution is 2.15. The third-order valence-electron chi connectivity index (χ3n) is 4.11. The molecule has 0 fully saturated rings. The van der Waals surface area contributed by atoms with Crippen LogP contribution in [0.1, 0.15) is 26.3 Å². The van der Waals surface area contributed by atoms with E-state index in [-0.39, 0.29) is 17.2 Å². The molecule has 3 rings (SSSR count). The molecule has 0 atom stereocenters. The van der Waals surface area contributed by atoms with Crippen LogP contribution in [0.2, 0.25) is 0 Å². The predicted octanol–water partition coefficient (Wildman–Crippen LogP) is 4.19. The van der Waals surface area contributed by atoms with Crippen molar-refractivity contribution in [1.29, 1.82) is 0 Å². The van der Waals surface area contributed by atoms with Crippen LogP contribution in [0.15, 0.2) is 72.8 Å². The molecule has 142 valence electrons. The first kappa shape index (κ1) is 19.2. The Labute approximate surface area is 161 Å². The molecular formula is C22H18F2N2O2. The normalized spacial score (nSPS) is 10.4. The van der Waals surface area contributed by atoms with Gasteiger partial charge in [-0.25, -0.2) is 8.78 Å². The number of halogens is 2. The Morgan fingerprint density at radius 2 is 1.46 bits per heavy atom. The van der Waals surface area contributed by atoms with Crippen molar-refractivity contribution in [1.82, 2.24) is 5.32 Å². The summed E-state index contributed by atoms with van der Waals surface area (Å²) < 4.78 is 26.2. The lowest BCUT2D eigenvalue weighted by atomic mass is 10.1. The van der Waals surface area contributed by atoms with Gasteiger partial charge >= 0.3 is 0 Å². The van der Waals surface area contributed by atoms with Crippen molar-refractivity contribution in [2.75, 3.05) is 11.9 Å². The fourth-order valence-electron chi connectivity index (χ4n) is 2.65. The first-order chi connectivity index (χ1) is 13.5. The van der Waals surface area contributed by atoms with Gasteiger partial charge in [-0.3, -0.25) is 9.59 Å². The van der Waals surface area contributed by atoms with Crippen LogP contribution < -0.4 is 10.6 Å². The molecule has 0 bridgehead atoms. The van der Waals surface area contributed by atoms with E-state index < -0.39 is 17.5 Å². The van der Waals surface area contributed by atoms with E-state index >= 15 is 0 Å². The standard InChI is InChI=1S/C22H18F2N2O2/c23-19-10-9-18(14-20(19)24)26-22(28)17-8-4-7-16(13-17)21(27)25-12-11-15-5-2-1-3-6-15/h1-10,13-14H,11-12H2,(H,25,27)(H,26,28). The average Bonchev–Trinajstić information content (AvgIpc) is 2.71. The van der Waals surface area contributed by atoms with Gasteiger partial charge in [0, 0.05) is 29.4 Å². The van der Waals surface area contributed by atoms with Gasteiger partial charge in [-0.1, -0.05) is 36.4 Å². The van der Waals surface area contributed by atoms with Gasteiger partial charge < -0.3 is 10.6 Å². The molecule has 0 aliphatic heterocycles. The summed E-state index contributed by atoms with van der Waals surface area (Å²) in [4.78, 5) is 24.6. The van der Waals surface area contributed by atoms with Gasteiger partial charge in [0.2, 0.25) is 0 Å². The van der Waals surface area contributed by atoms with Crippen molar-refractivity contribution in [3.63, 3.8) is 0 Å². The summed E-state index contributed by atoms with van der Waals surface area (Å²) in [6.07, 6.45) is 0.697. The van der Waals surface area contributed by atoms with Crippen LogP contribution in [0.25, 0.3) is 0 Å². The van der Waals surface area contributed by atoms with Gasteiger partial charge in [0.05, 0.1) is 0 Å². The Balaban J connectivity index is 1.61. The summed E-state index contributed by atoms with van der Waals surface area (Å²) >= 11 is 0. The molecule has 0 saturated carbocycles. The summed E-state index contributed by atoms with van der Waals surface area (Å²) in [5, 5.41) is 5.29. The average molecular weight is 380 g/mol. The second-order valence-corrected chi connectivity index (χ2v) is 6.16. The summed E-state index contributed by atoms with van der Waals surface area (Å²) in [6, 6.07) is 19.0. The molecule has 0 unspecified atom stereocenters. The van der Waals surface area contributed by atoms with E-state index in [9.17, 15) is 18.4 Å². The number of anilines is 1. The molecule has 3 aromatic carbocycles. The third-order valence-corrected chi connectivity index (χ3v) is 4.11. The van der Waals surface area contributed by atoms with E-state index in [4.69, 9.17) is 0 Å². The lowest BCUT2D eigenvalue weighted by Gasteiger charge is -2.08. The van der Waals surface area contributed by atoms with Crippen LogP contribution in [-0.2, 0) is 6.42 Å². The number of nitrogens with one attached hydrogen (secondary N) is 2. The predicted molar refractivity (Wildman–Crippen MR) is 103 cm³/mol. The highest BCUT2D eigenvalue weighted by molar-refractivity contribution is 6.06. The molecule has 0 radical (unpaired) electrons. The summed E-state index contributed by atoms with van der Waals surface area (Å²) in [5.74, 6) is -2.86. The maximum absolute atomic E-state index is 13.3. The minimum absolute atomic E-state index is 0.126. The van der Waals surface area contributed by atoms with Gasteiger partial charge in [-0.05, 0) is 42.3 Å². The number of amides is 2. The molecule has 0 aliphatic rings. The SMILES string of the molecule is O=C(NCCc1ccccc1)c1cccc(C(=O)Nc2ccc(F)c(F)c2)c1. The van der Waals surface area contributed by atoms with Gasteiger partial charge in [0.1, 0.15) is 0 Å². The molecule has 0 heterocycles. The van der Waals surface area contributed by atoms with E-state index in [1.54, 1.807) is 12.1 Å². The highest BCUT2D eigenvalue weighted by atomic mass is 19.2. The lowest BCUT2D eigenvalue weighted by Crippen LogP contribution is -2.26. The summed E-state index contributed by atoms with van der Waals surface area (Å²) in [5.41, 5.74) is 1.82. The first-order valence-corrected chi connectivity index (χ1v) is 8.71. The Kier molecular flexibility index (Phi) is 6.11. The van der Waals surface area contributed by atoms with Crippen molar-refractivity contribution < 1.29 is 18.4 Å². The summed E-state index contributed by atoms with van der Waals surface area (Å²) in [7, 11) is 0. The second-order valence-electron chi connectivity index (χ2n) is 6.16. The van der Waals surface area contributed by atoms with E-state index in [0.717, 1.165) is 17.7 Å². The quantitative estimate of drug-likeness (QED) is 0.674. The van der Waals surface area contributed by atoms with E-state index in [0.29, 0.717) is 18.5 Å². The molecule has 0 spiro atoms. The zero-order valence-corrected chi connectivity index (χ0v) is 14.9. The zero-order chi connectivity index (χ0) is 19.9. The Hall–Kier alpha value is -3.54. The molecule has 0 saturated heterocycles. The maximum Gasteiger partial charge on any atom is 0.255 e. The van der Waals surface area contributed by atoms with Crippen LogP contribution in [0.4, 0.5) is 14.5 Å². The van der Waals surface area contributed by atoms with Crippen LogP contribution in [0.5, 0.6) is 0 Å². The van der Waals surface area contributed by atoms with Crippen LogP contribution in [0.3, 0.4) is 0 Å². The zero-order valence-electron chi connectivity index (χ0n) is 14.9. The fourth-order valence-corrected chi connectivity index (χ4v) is 2.65. The third kappa shape index (κ3) is 5.01. The number of rotatable bonds is 6. The minimum Gasteiger partial charge on any atom is -0.352 e. The molecule has 0 aromatic heterocycles. The molecule has 28 heavy (non-hydrogen) atoms. The van der Waals surface area contributed by atoms with Gasteiger partial charge in [-0.15, -0.1) is 0 Å². The number of benzene rings is 3. The van der Waals surface area contributed by atoms with E-state index in [2.05, 4.69) is 10.6 Å². The Morgan fingerprint density at radius 3 is 2.18 bits per heavy atom. The van der Waals surface area contributed by atoms with Gasteiger partial charge in [-0.2, -0.15) is 0 Å². The molecule has 2 N–H and O–H groups in total. The number of carbonyl (C=O) groups is 2. The van der Waals surface area contributed by atoms with Crippen LogP contribution in [-0.4, -0.2) is 18.4 Å². The monoisotopic (exact) mass is 380 g/mol. The van der Waals surface area contributed by atoms with E-state index in [1.807, 2.05) is 30.3 Å². The van der Waals surface area contributed by atoms with Crippen LogP contribution >= 0.6 is 0 Å². The fraction of sp³-hybridized carbons (Fsp3) is 0.0909. The highest BCUT2D eigenvalue weighted by Gasteiger charge is 2.12. The lowest BCUT2D eigenvalue weighted by molar-refractivity contribution is 0.0954. The van der Waals surface area contributed by atoms with Crippen molar-refractivity contribution in [3.05, 3.63) is 101 Å². The minimum atomic E-state index is -1.05. The number of hydrogen-bond donors (Lipinski definition) is 2. The maximum atomic E-state index is 13.3.